The molecule has 1 saturated heterocycles. The Labute approximate surface area is 144 Å². The van der Waals surface area contributed by atoms with Crippen molar-refractivity contribution in [2.75, 3.05) is 20.3 Å². The van der Waals surface area contributed by atoms with Crippen molar-refractivity contribution >= 4 is 18.3 Å². The number of rotatable bonds is 6. The summed E-state index contributed by atoms with van der Waals surface area (Å²) in [4.78, 5) is 12.2. The molecule has 0 saturated carbocycles. The SMILES string of the molecule is COC(CN)CC(=O)NC1CCCOC1c1ccc(C)cc1.Cl. The standard InChI is InChI=1S/C17H26N2O3.ClH/c1-12-5-7-13(8-6-12)17-15(4-3-9-22-17)19-16(20)10-14(11-18)21-2;/h5-8,14-15,17H,3-4,9-11,18H2,1-2H3,(H,19,20);1H. The first kappa shape index (κ1) is 19.9. The molecule has 23 heavy (non-hydrogen) atoms. The number of nitrogens with one attached hydrogen (secondary N) is 1. The maximum Gasteiger partial charge on any atom is 0.222 e. The van der Waals surface area contributed by atoms with Gasteiger partial charge in [0.2, 0.25) is 5.91 Å². The molecular formula is C17H27ClN2O3. The van der Waals surface area contributed by atoms with Gasteiger partial charge < -0.3 is 20.5 Å². The fourth-order valence-corrected chi connectivity index (χ4v) is 2.75. The van der Waals surface area contributed by atoms with Gasteiger partial charge in [-0.2, -0.15) is 0 Å². The second-order valence-corrected chi connectivity index (χ2v) is 5.82. The van der Waals surface area contributed by atoms with Gasteiger partial charge in [-0.1, -0.05) is 29.8 Å². The summed E-state index contributed by atoms with van der Waals surface area (Å²) in [6, 6.07) is 8.28. The topological polar surface area (TPSA) is 73.6 Å². The van der Waals surface area contributed by atoms with E-state index in [1.165, 1.54) is 5.56 Å². The van der Waals surface area contributed by atoms with Gasteiger partial charge in [0.1, 0.15) is 6.10 Å². The van der Waals surface area contributed by atoms with Crippen LogP contribution in [-0.2, 0) is 14.3 Å². The molecule has 1 aliphatic rings. The Morgan fingerprint density at radius 3 is 2.74 bits per heavy atom. The van der Waals surface area contributed by atoms with Crippen molar-refractivity contribution < 1.29 is 14.3 Å². The summed E-state index contributed by atoms with van der Waals surface area (Å²) < 4.78 is 11.1. The highest BCUT2D eigenvalue weighted by atomic mass is 35.5. The van der Waals surface area contributed by atoms with Gasteiger partial charge in [0.05, 0.1) is 18.6 Å². The first-order chi connectivity index (χ1) is 10.6. The van der Waals surface area contributed by atoms with Gasteiger partial charge >= 0.3 is 0 Å². The van der Waals surface area contributed by atoms with Gasteiger partial charge in [-0.3, -0.25) is 4.79 Å². The summed E-state index contributed by atoms with van der Waals surface area (Å²) in [6.45, 7) is 3.13. The van der Waals surface area contributed by atoms with Gasteiger partial charge in [0.15, 0.2) is 0 Å². The van der Waals surface area contributed by atoms with Crippen LogP contribution in [0, 0.1) is 6.92 Å². The second kappa shape index (κ2) is 9.88. The number of aryl methyl sites for hydroxylation is 1. The van der Waals surface area contributed by atoms with Crippen LogP contribution >= 0.6 is 12.4 Å². The third-order valence-corrected chi connectivity index (χ3v) is 4.08. The molecule has 3 atom stereocenters. The molecule has 1 aromatic rings. The molecule has 2 rings (SSSR count). The fourth-order valence-electron chi connectivity index (χ4n) is 2.75. The Bertz CT molecular complexity index is 477. The van der Waals surface area contributed by atoms with Gasteiger partial charge in [0, 0.05) is 20.3 Å². The molecule has 3 N–H and O–H groups in total. The quantitative estimate of drug-likeness (QED) is 0.830. The Kier molecular flexibility index (Phi) is 8.55. The first-order valence-electron chi connectivity index (χ1n) is 7.84. The Morgan fingerprint density at radius 2 is 2.13 bits per heavy atom. The number of nitrogens with two attached hydrogens (primary N) is 1. The van der Waals surface area contributed by atoms with Crippen molar-refractivity contribution in [2.24, 2.45) is 5.73 Å². The summed E-state index contributed by atoms with van der Waals surface area (Å²) in [5.41, 5.74) is 7.89. The highest BCUT2D eigenvalue weighted by Gasteiger charge is 2.29. The smallest absolute Gasteiger partial charge is 0.222 e. The molecule has 0 radical (unpaired) electrons. The molecule has 1 heterocycles. The number of amides is 1. The Morgan fingerprint density at radius 1 is 1.43 bits per heavy atom. The van der Waals surface area contributed by atoms with Crippen molar-refractivity contribution in [1.29, 1.82) is 0 Å². The van der Waals surface area contributed by atoms with Crippen molar-refractivity contribution in [2.45, 2.75) is 44.4 Å². The van der Waals surface area contributed by atoms with Crippen LogP contribution in [0.5, 0.6) is 0 Å². The minimum atomic E-state index is -0.234. The Balaban J connectivity index is 0.00000264. The molecule has 3 unspecified atom stereocenters. The predicted molar refractivity (Wildman–Crippen MR) is 92.8 cm³/mol. The number of carbonyl (C=O) groups excluding carboxylic acids is 1. The van der Waals surface area contributed by atoms with E-state index in [1.807, 2.05) is 0 Å². The molecule has 0 bridgehead atoms. The maximum absolute atomic E-state index is 12.2. The largest absolute Gasteiger partial charge is 0.380 e. The van der Waals surface area contributed by atoms with E-state index < -0.39 is 0 Å². The highest BCUT2D eigenvalue weighted by molar-refractivity contribution is 5.85. The van der Waals surface area contributed by atoms with Gasteiger partial charge in [0.25, 0.3) is 0 Å². The van der Waals surface area contributed by atoms with Crippen LogP contribution in [-0.4, -0.2) is 38.3 Å². The zero-order valence-electron chi connectivity index (χ0n) is 13.8. The minimum Gasteiger partial charge on any atom is -0.380 e. The van der Waals surface area contributed by atoms with Gasteiger partial charge in [-0.15, -0.1) is 12.4 Å². The molecule has 0 aromatic heterocycles. The molecule has 5 nitrogen and oxygen atoms in total. The molecule has 1 amide bonds. The summed E-state index contributed by atoms with van der Waals surface area (Å²) in [6.07, 6.45) is 1.84. The fraction of sp³-hybridized carbons (Fsp3) is 0.588. The van der Waals surface area contributed by atoms with Crippen LogP contribution in [0.25, 0.3) is 0 Å². The van der Waals surface area contributed by atoms with Crippen molar-refractivity contribution in [3.63, 3.8) is 0 Å². The third-order valence-electron chi connectivity index (χ3n) is 4.08. The lowest BCUT2D eigenvalue weighted by atomic mass is 9.95. The first-order valence-corrected chi connectivity index (χ1v) is 7.84. The minimum absolute atomic E-state index is 0. The zero-order valence-corrected chi connectivity index (χ0v) is 14.6. The number of carbonyl (C=O) groups is 1. The van der Waals surface area contributed by atoms with Crippen LogP contribution in [0.2, 0.25) is 0 Å². The molecule has 6 heteroatoms. The summed E-state index contributed by atoms with van der Waals surface area (Å²) in [5, 5.41) is 3.08. The summed E-state index contributed by atoms with van der Waals surface area (Å²) >= 11 is 0. The van der Waals surface area contributed by atoms with Gasteiger partial charge in [-0.25, -0.2) is 0 Å². The molecule has 1 aromatic carbocycles. The Hall–Kier alpha value is -1.14. The van der Waals surface area contributed by atoms with E-state index in [0.29, 0.717) is 6.54 Å². The highest BCUT2D eigenvalue weighted by Crippen LogP contribution is 2.28. The van der Waals surface area contributed by atoms with Crippen LogP contribution in [0.3, 0.4) is 0 Å². The lowest BCUT2D eigenvalue weighted by molar-refractivity contribution is -0.126. The number of hydrogen-bond donors (Lipinski definition) is 2. The predicted octanol–water partition coefficient (Wildman–Crippen LogP) is 2.12. The average Bonchev–Trinajstić information content (AvgIpc) is 2.54. The second-order valence-electron chi connectivity index (χ2n) is 5.82. The van der Waals surface area contributed by atoms with E-state index in [4.69, 9.17) is 15.2 Å². The molecule has 130 valence electrons. The van der Waals surface area contributed by atoms with Crippen molar-refractivity contribution in [3.05, 3.63) is 35.4 Å². The van der Waals surface area contributed by atoms with Crippen LogP contribution < -0.4 is 11.1 Å². The maximum atomic E-state index is 12.2. The number of ether oxygens (including phenoxy) is 2. The van der Waals surface area contributed by atoms with Crippen LogP contribution in [0.15, 0.2) is 24.3 Å². The van der Waals surface area contributed by atoms with Crippen LogP contribution in [0.4, 0.5) is 0 Å². The number of halogens is 1. The molecular weight excluding hydrogens is 316 g/mol. The molecule has 1 fully saturated rings. The average molecular weight is 343 g/mol. The van der Waals surface area contributed by atoms with Crippen molar-refractivity contribution in [3.8, 4) is 0 Å². The molecule has 0 aliphatic carbocycles. The summed E-state index contributed by atoms with van der Waals surface area (Å²) in [7, 11) is 1.57. The lowest BCUT2D eigenvalue weighted by Gasteiger charge is -2.33. The zero-order chi connectivity index (χ0) is 15.9. The van der Waals surface area contributed by atoms with E-state index in [2.05, 4.69) is 36.5 Å². The van der Waals surface area contributed by atoms with Gasteiger partial charge in [-0.05, 0) is 25.3 Å². The van der Waals surface area contributed by atoms with E-state index >= 15 is 0 Å². The van der Waals surface area contributed by atoms with E-state index in [0.717, 1.165) is 25.0 Å². The number of hydrogen-bond acceptors (Lipinski definition) is 4. The van der Waals surface area contributed by atoms with E-state index in [1.54, 1.807) is 7.11 Å². The van der Waals surface area contributed by atoms with E-state index in [9.17, 15) is 4.79 Å². The lowest BCUT2D eigenvalue weighted by Crippen LogP contribution is -2.44. The normalized spacial score (nSPS) is 22.0. The molecule has 0 spiro atoms. The molecule has 1 aliphatic heterocycles. The summed E-state index contributed by atoms with van der Waals surface area (Å²) in [5.74, 6) is -0.0371. The van der Waals surface area contributed by atoms with E-state index in [-0.39, 0.29) is 43.0 Å². The van der Waals surface area contributed by atoms with Crippen molar-refractivity contribution in [1.82, 2.24) is 5.32 Å². The third kappa shape index (κ3) is 5.77. The van der Waals surface area contributed by atoms with Crippen LogP contribution in [0.1, 0.15) is 36.5 Å². The number of methoxy groups -OCH3 is 1. The number of benzene rings is 1. The monoisotopic (exact) mass is 342 g/mol.